The van der Waals surface area contributed by atoms with Gasteiger partial charge in [-0.25, -0.2) is 9.78 Å². The third-order valence-electron chi connectivity index (χ3n) is 2.25. The van der Waals surface area contributed by atoms with Crippen molar-refractivity contribution in [3.8, 4) is 0 Å². The molecule has 78 valence electrons. The number of hydrogen-bond acceptors (Lipinski definition) is 3. The molecular weight excluding hydrogens is 196 g/mol. The Kier molecular flexibility index (Phi) is 2.37. The summed E-state index contributed by atoms with van der Waals surface area (Å²) in [5.41, 5.74) is 0.770. The lowest BCUT2D eigenvalue weighted by molar-refractivity contribution is -0.146. The van der Waals surface area contributed by atoms with E-state index >= 15 is 0 Å². The summed E-state index contributed by atoms with van der Waals surface area (Å²) in [5, 5.41) is 8.38. The van der Waals surface area contributed by atoms with Gasteiger partial charge in [-0.3, -0.25) is 4.79 Å². The molecule has 0 unspecified atom stereocenters. The van der Waals surface area contributed by atoms with E-state index in [1.165, 1.54) is 6.08 Å². The number of imidazole rings is 1. The molecule has 0 saturated heterocycles. The number of ketones is 1. The number of hydrogen-bond donors (Lipinski definition) is 1. The second-order valence-electron chi connectivity index (χ2n) is 3.46. The molecule has 1 aliphatic rings. The molecule has 5 nitrogen and oxygen atoms in total. The Morgan fingerprint density at radius 3 is 2.87 bits per heavy atom. The maximum absolute atomic E-state index is 10.8. The number of nitrogens with zero attached hydrogens (tertiary/aromatic N) is 2. The van der Waals surface area contributed by atoms with Gasteiger partial charge in [0.05, 0.1) is 18.2 Å². The first-order valence-corrected chi connectivity index (χ1v) is 4.65. The summed E-state index contributed by atoms with van der Waals surface area (Å²) in [6, 6.07) is 0.465. The molecule has 0 bridgehead atoms. The first kappa shape index (κ1) is 9.64. The van der Waals surface area contributed by atoms with E-state index in [9.17, 15) is 9.59 Å². The average molecular weight is 206 g/mol. The quantitative estimate of drug-likeness (QED) is 0.586. The van der Waals surface area contributed by atoms with Crippen molar-refractivity contribution in [1.82, 2.24) is 9.55 Å². The predicted molar refractivity (Wildman–Crippen MR) is 52.2 cm³/mol. The van der Waals surface area contributed by atoms with Gasteiger partial charge in [0.25, 0.3) is 5.78 Å². The van der Waals surface area contributed by atoms with E-state index in [1.54, 1.807) is 12.5 Å². The first-order valence-electron chi connectivity index (χ1n) is 4.65. The summed E-state index contributed by atoms with van der Waals surface area (Å²) in [7, 11) is 0. The standard InChI is InChI=1S/C10H10N2O3/c13-9(10(14)15)4-3-8-5-11-6-12(8)7-1-2-7/h3-7H,1-2H2,(H,14,15)/b4-3+. The summed E-state index contributed by atoms with van der Waals surface area (Å²) < 4.78 is 1.95. The van der Waals surface area contributed by atoms with Crippen molar-refractivity contribution in [2.24, 2.45) is 0 Å². The summed E-state index contributed by atoms with van der Waals surface area (Å²) in [4.78, 5) is 25.0. The monoisotopic (exact) mass is 206 g/mol. The molecule has 0 radical (unpaired) electrons. The Balaban J connectivity index is 2.13. The second-order valence-corrected chi connectivity index (χ2v) is 3.46. The Labute approximate surface area is 86.0 Å². The minimum Gasteiger partial charge on any atom is -0.475 e. The lowest BCUT2D eigenvalue weighted by Crippen LogP contribution is -2.08. The molecule has 1 aliphatic carbocycles. The van der Waals surface area contributed by atoms with Crippen LogP contribution >= 0.6 is 0 Å². The molecule has 2 rings (SSSR count). The Morgan fingerprint density at radius 1 is 1.53 bits per heavy atom. The van der Waals surface area contributed by atoms with Crippen LogP contribution in [0, 0.1) is 0 Å². The number of aromatic nitrogens is 2. The third-order valence-corrected chi connectivity index (χ3v) is 2.25. The van der Waals surface area contributed by atoms with Gasteiger partial charge in [-0.15, -0.1) is 0 Å². The predicted octanol–water partition coefficient (Wildman–Crippen LogP) is 0.885. The summed E-state index contributed by atoms with van der Waals surface area (Å²) >= 11 is 0. The van der Waals surface area contributed by atoms with E-state index in [0.717, 1.165) is 24.6 Å². The molecule has 1 N–H and O–H groups in total. The van der Waals surface area contributed by atoms with E-state index < -0.39 is 11.8 Å². The van der Waals surface area contributed by atoms with Gasteiger partial charge >= 0.3 is 5.97 Å². The third kappa shape index (κ3) is 2.12. The van der Waals surface area contributed by atoms with Gasteiger partial charge in [-0.05, 0) is 25.0 Å². The van der Waals surface area contributed by atoms with Gasteiger partial charge in [-0.2, -0.15) is 0 Å². The molecule has 0 amide bonds. The van der Waals surface area contributed by atoms with Gasteiger partial charge < -0.3 is 9.67 Å². The van der Waals surface area contributed by atoms with Crippen LogP contribution in [0.25, 0.3) is 6.08 Å². The van der Waals surface area contributed by atoms with Crippen LogP contribution in [0.1, 0.15) is 24.6 Å². The van der Waals surface area contributed by atoms with Gasteiger partial charge in [-0.1, -0.05) is 0 Å². The molecule has 1 saturated carbocycles. The van der Waals surface area contributed by atoms with Gasteiger partial charge in [0.15, 0.2) is 0 Å². The zero-order valence-corrected chi connectivity index (χ0v) is 7.96. The Bertz CT molecular complexity index is 430. The fraction of sp³-hybridized carbons (Fsp3) is 0.300. The van der Waals surface area contributed by atoms with Crippen LogP contribution in [-0.4, -0.2) is 26.4 Å². The fourth-order valence-corrected chi connectivity index (χ4v) is 1.33. The molecule has 1 aromatic rings. The van der Waals surface area contributed by atoms with Crippen LogP contribution < -0.4 is 0 Å². The minimum absolute atomic E-state index is 0.465. The van der Waals surface area contributed by atoms with Crippen LogP contribution in [0.15, 0.2) is 18.6 Å². The zero-order chi connectivity index (χ0) is 10.8. The SMILES string of the molecule is O=C(O)C(=O)/C=C/c1cncn1C1CC1. The molecule has 1 aromatic heterocycles. The van der Waals surface area contributed by atoms with E-state index in [2.05, 4.69) is 4.98 Å². The number of carbonyl (C=O) groups excluding carboxylic acids is 1. The average Bonchev–Trinajstić information content (AvgIpc) is 2.94. The molecule has 0 atom stereocenters. The molecule has 0 aliphatic heterocycles. The van der Waals surface area contributed by atoms with Crippen LogP contribution in [-0.2, 0) is 9.59 Å². The van der Waals surface area contributed by atoms with Crippen molar-refractivity contribution in [3.05, 3.63) is 24.3 Å². The topological polar surface area (TPSA) is 72.2 Å². The van der Waals surface area contributed by atoms with Crippen LogP contribution in [0.3, 0.4) is 0 Å². The van der Waals surface area contributed by atoms with Crippen molar-refractivity contribution in [2.75, 3.05) is 0 Å². The molecule has 0 spiro atoms. The molecule has 0 aromatic carbocycles. The minimum atomic E-state index is -1.44. The molecule has 1 heterocycles. The number of rotatable bonds is 4. The van der Waals surface area contributed by atoms with E-state index in [-0.39, 0.29) is 0 Å². The number of carboxylic acids is 1. The maximum atomic E-state index is 10.8. The summed E-state index contributed by atoms with van der Waals surface area (Å²) in [6.45, 7) is 0. The zero-order valence-electron chi connectivity index (χ0n) is 7.96. The Hall–Kier alpha value is -1.91. The van der Waals surface area contributed by atoms with Crippen molar-refractivity contribution in [3.63, 3.8) is 0 Å². The van der Waals surface area contributed by atoms with E-state index in [1.807, 2.05) is 4.57 Å². The first-order chi connectivity index (χ1) is 7.18. The number of carbonyl (C=O) groups is 2. The summed E-state index contributed by atoms with van der Waals surface area (Å²) in [5.74, 6) is -2.36. The highest BCUT2D eigenvalue weighted by atomic mass is 16.4. The highest BCUT2D eigenvalue weighted by Gasteiger charge is 2.24. The largest absolute Gasteiger partial charge is 0.475 e. The van der Waals surface area contributed by atoms with Crippen LogP contribution in [0.4, 0.5) is 0 Å². The highest BCUT2D eigenvalue weighted by Crippen LogP contribution is 2.35. The second kappa shape index (κ2) is 3.68. The maximum Gasteiger partial charge on any atom is 0.376 e. The number of aliphatic carboxylic acids is 1. The van der Waals surface area contributed by atoms with Crippen LogP contribution in [0.2, 0.25) is 0 Å². The highest BCUT2D eigenvalue weighted by molar-refractivity contribution is 6.38. The molecule has 1 fully saturated rings. The lowest BCUT2D eigenvalue weighted by Gasteiger charge is -2.00. The van der Waals surface area contributed by atoms with E-state index in [0.29, 0.717) is 6.04 Å². The fourth-order valence-electron chi connectivity index (χ4n) is 1.33. The van der Waals surface area contributed by atoms with Crippen molar-refractivity contribution in [2.45, 2.75) is 18.9 Å². The smallest absolute Gasteiger partial charge is 0.376 e. The summed E-state index contributed by atoms with van der Waals surface area (Å²) in [6.07, 6.45) is 8.08. The van der Waals surface area contributed by atoms with Gasteiger partial charge in [0.1, 0.15) is 0 Å². The molecule has 15 heavy (non-hydrogen) atoms. The number of carboxylic acid groups (broad SMARTS) is 1. The van der Waals surface area contributed by atoms with Crippen molar-refractivity contribution >= 4 is 17.8 Å². The van der Waals surface area contributed by atoms with E-state index in [4.69, 9.17) is 5.11 Å². The van der Waals surface area contributed by atoms with Gasteiger partial charge in [0, 0.05) is 6.04 Å². The van der Waals surface area contributed by atoms with Gasteiger partial charge in [0.2, 0.25) is 0 Å². The normalized spacial score (nSPS) is 15.7. The Morgan fingerprint density at radius 2 is 2.27 bits per heavy atom. The lowest BCUT2D eigenvalue weighted by atomic mass is 10.3. The van der Waals surface area contributed by atoms with Crippen LogP contribution in [0.5, 0.6) is 0 Å². The van der Waals surface area contributed by atoms with Crippen molar-refractivity contribution < 1.29 is 14.7 Å². The molecule has 5 heteroatoms. The molecular formula is C10H10N2O3. The van der Waals surface area contributed by atoms with Crippen molar-refractivity contribution in [1.29, 1.82) is 0 Å².